The number of Topliss-reactive ketones (excluding diaryl/α,β-unsaturated/α-hetero) is 1. The topological polar surface area (TPSA) is 40.9 Å². The number of carbonyl (C=O) groups excluding carboxylic acids is 1. The molecule has 0 radical (unpaired) electrons. The SMILES string of the molecule is CCC(C#N)C(=O)c1cc(Br)ccc1C. The van der Waals surface area contributed by atoms with Crippen LogP contribution < -0.4 is 0 Å². The predicted octanol–water partition coefficient (Wildman–Crippen LogP) is 3.49. The minimum absolute atomic E-state index is 0.0844. The number of ketones is 1. The Morgan fingerprint density at radius 1 is 1.60 bits per heavy atom. The quantitative estimate of drug-likeness (QED) is 0.786. The van der Waals surface area contributed by atoms with Crippen molar-refractivity contribution in [2.24, 2.45) is 5.92 Å². The Bertz CT molecular complexity index is 420. The van der Waals surface area contributed by atoms with E-state index in [1.165, 1.54) is 0 Å². The highest BCUT2D eigenvalue weighted by molar-refractivity contribution is 9.10. The molecule has 0 spiro atoms. The highest BCUT2D eigenvalue weighted by Crippen LogP contribution is 2.20. The van der Waals surface area contributed by atoms with Crippen molar-refractivity contribution in [2.45, 2.75) is 20.3 Å². The first-order valence-electron chi connectivity index (χ1n) is 4.80. The highest BCUT2D eigenvalue weighted by atomic mass is 79.9. The number of rotatable bonds is 3. The van der Waals surface area contributed by atoms with E-state index in [1.54, 1.807) is 6.07 Å². The zero-order valence-electron chi connectivity index (χ0n) is 8.75. The molecule has 15 heavy (non-hydrogen) atoms. The Balaban J connectivity index is 3.11. The minimum atomic E-state index is -0.530. The maximum absolute atomic E-state index is 11.9. The third-order valence-corrected chi connectivity index (χ3v) is 2.84. The number of benzene rings is 1. The van der Waals surface area contributed by atoms with Gasteiger partial charge in [0.15, 0.2) is 5.78 Å². The largest absolute Gasteiger partial charge is 0.293 e. The third-order valence-electron chi connectivity index (χ3n) is 2.35. The fourth-order valence-corrected chi connectivity index (χ4v) is 1.74. The number of halogens is 1. The van der Waals surface area contributed by atoms with E-state index < -0.39 is 5.92 Å². The molecule has 0 bridgehead atoms. The molecule has 0 saturated carbocycles. The summed E-state index contributed by atoms with van der Waals surface area (Å²) in [5.74, 6) is -0.614. The van der Waals surface area contributed by atoms with Crippen LogP contribution in [0.3, 0.4) is 0 Å². The van der Waals surface area contributed by atoms with Crippen molar-refractivity contribution in [3.05, 3.63) is 33.8 Å². The van der Waals surface area contributed by atoms with Crippen molar-refractivity contribution in [1.29, 1.82) is 5.26 Å². The molecule has 1 aromatic rings. The number of nitriles is 1. The first-order valence-corrected chi connectivity index (χ1v) is 5.59. The standard InChI is InChI=1S/C12H12BrNO/c1-3-9(7-14)12(15)11-6-10(13)5-4-8(11)2/h4-6,9H,3H2,1-2H3. The monoisotopic (exact) mass is 265 g/mol. The molecule has 3 heteroatoms. The van der Waals surface area contributed by atoms with Crippen LogP contribution in [-0.4, -0.2) is 5.78 Å². The summed E-state index contributed by atoms with van der Waals surface area (Å²) in [6.07, 6.45) is 0.557. The fourth-order valence-electron chi connectivity index (χ4n) is 1.38. The molecule has 1 unspecified atom stereocenters. The van der Waals surface area contributed by atoms with Gasteiger partial charge in [0.25, 0.3) is 0 Å². The Hall–Kier alpha value is -1.14. The van der Waals surface area contributed by atoms with E-state index in [-0.39, 0.29) is 5.78 Å². The van der Waals surface area contributed by atoms with E-state index in [0.29, 0.717) is 12.0 Å². The van der Waals surface area contributed by atoms with Crippen molar-refractivity contribution in [3.63, 3.8) is 0 Å². The molecule has 0 fully saturated rings. The van der Waals surface area contributed by atoms with Gasteiger partial charge in [0.05, 0.1) is 6.07 Å². The number of hydrogen-bond donors (Lipinski definition) is 0. The second kappa shape index (κ2) is 5.09. The first kappa shape index (κ1) is 11.9. The average Bonchev–Trinajstić information content (AvgIpc) is 2.23. The van der Waals surface area contributed by atoms with Crippen molar-refractivity contribution in [2.75, 3.05) is 0 Å². The lowest BCUT2D eigenvalue weighted by Gasteiger charge is -2.08. The number of hydrogen-bond acceptors (Lipinski definition) is 2. The Labute approximate surface area is 98.0 Å². The lowest BCUT2D eigenvalue weighted by Crippen LogP contribution is -2.13. The van der Waals surface area contributed by atoms with Gasteiger partial charge in [0.2, 0.25) is 0 Å². The summed E-state index contributed by atoms with van der Waals surface area (Å²) in [5, 5.41) is 8.84. The molecule has 0 aliphatic heterocycles. The summed E-state index contributed by atoms with van der Waals surface area (Å²) in [7, 11) is 0. The van der Waals surface area contributed by atoms with Gasteiger partial charge in [-0.25, -0.2) is 0 Å². The molecular weight excluding hydrogens is 254 g/mol. The highest BCUT2D eigenvalue weighted by Gasteiger charge is 2.19. The smallest absolute Gasteiger partial charge is 0.180 e. The predicted molar refractivity (Wildman–Crippen MR) is 62.6 cm³/mol. The molecule has 0 aliphatic rings. The van der Waals surface area contributed by atoms with Crippen LogP contribution in [0.1, 0.15) is 29.3 Å². The normalized spacial score (nSPS) is 11.9. The zero-order valence-corrected chi connectivity index (χ0v) is 10.3. The van der Waals surface area contributed by atoms with Crippen molar-refractivity contribution in [1.82, 2.24) is 0 Å². The van der Waals surface area contributed by atoms with Gasteiger partial charge in [-0.1, -0.05) is 28.9 Å². The molecule has 0 amide bonds. The van der Waals surface area contributed by atoms with E-state index in [0.717, 1.165) is 10.0 Å². The maximum Gasteiger partial charge on any atom is 0.180 e. The molecular formula is C12H12BrNO. The average molecular weight is 266 g/mol. The fraction of sp³-hybridized carbons (Fsp3) is 0.333. The molecule has 1 aromatic carbocycles. The van der Waals surface area contributed by atoms with E-state index in [4.69, 9.17) is 5.26 Å². The molecule has 0 aliphatic carbocycles. The minimum Gasteiger partial charge on any atom is -0.293 e. The lowest BCUT2D eigenvalue weighted by molar-refractivity contribution is 0.0946. The molecule has 2 nitrogen and oxygen atoms in total. The van der Waals surface area contributed by atoms with Gasteiger partial charge in [-0.15, -0.1) is 0 Å². The Morgan fingerprint density at radius 2 is 2.27 bits per heavy atom. The third kappa shape index (κ3) is 2.66. The summed E-state index contributed by atoms with van der Waals surface area (Å²) in [5.41, 5.74) is 1.55. The molecule has 0 saturated heterocycles. The van der Waals surface area contributed by atoms with Gasteiger partial charge in [0.1, 0.15) is 5.92 Å². The van der Waals surface area contributed by atoms with Crippen LogP contribution in [0, 0.1) is 24.2 Å². The lowest BCUT2D eigenvalue weighted by atomic mass is 9.94. The van der Waals surface area contributed by atoms with Gasteiger partial charge in [0, 0.05) is 10.0 Å². The molecule has 78 valence electrons. The van der Waals surface area contributed by atoms with Gasteiger partial charge < -0.3 is 0 Å². The second-order valence-corrected chi connectivity index (χ2v) is 4.33. The summed E-state index contributed by atoms with van der Waals surface area (Å²) < 4.78 is 0.865. The van der Waals surface area contributed by atoms with Crippen LogP contribution in [-0.2, 0) is 0 Å². The van der Waals surface area contributed by atoms with Gasteiger partial charge in [-0.2, -0.15) is 5.26 Å². The summed E-state index contributed by atoms with van der Waals surface area (Å²) in [4.78, 5) is 11.9. The number of nitrogens with zero attached hydrogens (tertiary/aromatic N) is 1. The first-order chi connectivity index (χ1) is 7.10. The van der Waals surface area contributed by atoms with Gasteiger partial charge >= 0.3 is 0 Å². The summed E-state index contributed by atoms with van der Waals surface area (Å²) in [6.45, 7) is 3.73. The van der Waals surface area contributed by atoms with Crippen molar-refractivity contribution in [3.8, 4) is 6.07 Å². The maximum atomic E-state index is 11.9. The van der Waals surface area contributed by atoms with Crippen LogP contribution >= 0.6 is 15.9 Å². The van der Waals surface area contributed by atoms with Gasteiger partial charge in [-0.05, 0) is 31.0 Å². The van der Waals surface area contributed by atoms with E-state index >= 15 is 0 Å². The van der Waals surface area contributed by atoms with Crippen molar-refractivity contribution < 1.29 is 4.79 Å². The second-order valence-electron chi connectivity index (χ2n) is 3.41. The number of carbonyl (C=O) groups is 1. The van der Waals surface area contributed by atoms with Crippen LogP contribution in [0.4, 0.5) is 0 Å². The number of aryl methyl sites for hydroxylation is 1. The molecule has 0 heterocycles. The van der Waals surface area contributed by atoms with Crippen LogP contribution in [0.15, 0.2) is 22.7 Å². The zero-order chi connectivity index (χ0) is 11.4. The van der Waals surface area contributed by atoms with Crippen LogP contribution in [0.25, 0.3) is 0 Å². The van der Waals surface area contributed by atoms with Crippen LogP contribution in [0.2, 0.25) is 0 Å². The molecule has 0 aromatic heterocycles. The van der Waals surface area contributed by atoms with E-state index in [1.807, 2.05) is 32.0 Å². The van der Waals surface area contributed by atoms with Crippen molar-refractivity contribution >= 4 is 21.7 Å². The Kier molecular flexibility index (Phi) is 4.05. The molecule has 1 atom stereocenters. The van der Waals surface area contributed by atoms with Gasteiger partial charge in [-0.3, -0.25) is 4.79 Å². The van der Waals surface area contributed by atoms with Crippen LogP contribution in [0.5, 0.6) is 0 Å². The van der Waals surface area contributed by atoms with E-state index in [2.05, 4.69) is 15.9 Å². The summed E-state index contributed by atoms with van der Waals surface area (Å²) in [6, 6.07) is 7.57. The Morgan fingerprint density at radius 3 is 2.80 bits per heavy atom. The molecule has 1 rings (SSSR count). The van der Waals surface area contributed by atoms with E-state index in [9.17, 15) is 4.79 Å². The summed E-state index contributed by atoms with van der Waals surface area (Å²) >= 11 is 3.32. The molecule has 0 N–H and O–H groups in total.